The summed E-state index contributed by atoms with van der Waals surface area (Å²) in [6, 6.07) is 0. The van der Waals surface area contributed by atoms with Crippen LogP contribution in [-0.2, 0) is 14.3 Å². The van der Waals surface area contributed by atoms with Gasteiger partial charge in [-0.25, -0.2) is 4.79 Å². The minimum Gasteiger partial charge on any atom is -0.464 e. The van der Waals surface area contributed by atoms with E-state index in [1.54, 1.807) is 0 Å². The van der Waals surface area contributed by atoms with E-state index in [1.165, 1.54) is 12.8 Å². The molecule has 0 N–H and O–H groups in total. The maximum atomic E-state index is 11.4. The zero-order valence-electron chi connectivity index (χ0n) is 8.91. The molecule has 2 rings (SSSR count). The zero-order chi connectivity index (χ0) is 10.2. The molecule has 0 aromatic heterocycles. The number of rotatable bonds is 2. The minimum atomic E-state index is -0.259. The fourth-order valence-corrected chi connectivity index (χ4v) is 2.57. The first kappa shape index (κ1) is 9.97. The molecule has 0 aromatic rings. The van der Waals surface area contributed by atoms with Crippen LogP contribution in [-0.4, -0.2) is 24.3 Å². The van der Waals surface area contributed by atoms with Crippen molar-refractivity contribution in [3.8, 4) is 0 Å². The fourth-order valence-electron chi connectivity index (χ4n) is 2.57. The van der Waals surface area contributed by atoms with Gasteiger partial charge in [0.05, 0.1) is 6.61 Å². The summed E-state index contributed by atoms with van der Waals surface area (Å²) in [5, 5.41) is 0. The molecule has 14 heavy (non-hydrogen) atoms. The van der Waals surface area contributed by atoms with Crippen molar-refractivity contribution >= 4 is 5.97 Å². The van der Waals surface area contributed by atoms with Gasteiger partial charge in [-0.15, -0.1) is 0 Å². The Morgan fingerprint density at radius 2 is 2.43 bits per heavy atom. The fraction of sp³-hybridized carbons (Fsp3) is 0.909. The molecule has 2 fully saturated rings. The molecule has 80 valence electrons. The van der Waals surface area contributed by atoms with Gasteiger partial charge in [0.2, 0.25) is 0 Å². The molecule has 1 unspecified atom stereocenters. The maximum Gasteiger partial charge on any atom is 0.338 e. The van der Waals surface area contributed by atoms with Crippen molar-refractivity contribution in [2.24, 2.45) is 5.92 Å². The Morgan fingerprint density at radius 3 is 3.07 bits per heavy atom. The summed E-state index contributed by atoms with van der Waals surface area (Å²) < 4.78 is 10.5. The number of carbonyl (C=O) groups excluding carboxylic acids is 1. The summed E-state index contributed by atoms with van der Waals surface area (Å²) in [6.07, 6.45) is 4.24. The van der Waals surface area contributed by atoms with Crippen LogP contribution in [0.4, 0.5) is 0 Å². The van der Waals surface area contributed by atoms with Gasteiger partial charge in [0.15, 0.2) is 6.10 Å². The number of ether oxygens (including phenoxy) is 2. The van der Waals surface area contributed by atoms with E-state index in [0.717, 1.165) is 12.8 Å². The van der Waals surface area contributed by atoms with E-state index in [0.29, 0.717) is 12.5 Å². The number of esters is 1. The summed E-state index contributed by atoms with van der Waals surface area (Å²) >= 11 is 0. The lowest BCUT2D eigenvalue weighted by atomic mass is 9.80. The average Bonchev–Trinajstić information content (AvgIpc) is 2.79. The van der Waals surface area contributed by atoms with Crippen molar-refractivity contribution in [2.45, 2.75) is 51.2 Å². The first-order valence-corrected chi connectivity index (χ1v) is 5.52. The highest BCUT2D eigenvalue weighted by atomic mass is 16.7. The third-order valence-electron chi connectivity index (χ3n) is 3.26. The summed E-state index contributed by atoms with van der Waals surface area (Å²) in [5.41, 5.74) is -0.135. The largest absolute Gasteiger partial charge is 0.464 e. The standard InChI is InChI=1S/C11H18O3/c1-3-13-10(12)9-11(14-9)6-4-5-8(2)7-11/h8-9H,3-7H2,1-2H3/t8?,9-,11-/m0/s1. The highest BCUT2D eigenvalue weighted by Gasteiger charge is 2.62. The van der Waals surface area contributed by atoms with Crippen molar-refractivity contribution in [2.75, 3.05) is 6.61 Å². The molecule has 3 atom stereocenters. The minimum absolute atomic E-state index is 0.135. The predicted molar refractivity (Wildman–Crippen MR) is 51.9 cm³/mol. The lowest BCUT2D eigenvalue weighted by Gasteiger charge is -2.23. The highest BCUT2D eigenvalue weighted by Crippen LogP contribution is 2.50. The number of epoxide rings is 1. The average molecular weight is 198 g/mol. The van der Waals surface area contributed by atoms with Crippen LogP contribution >= 0.6 is 0 Å². The molecule has 1 aliphatic heterocycles. The van der Waals surface area contributed by atoms with Crippen LogP contribution in [0.15, 0.2) is 0 Å². The van der Waals surface area contributed by atoms with Crippen molar-refractivity contribution in [3.05, 3.63) is 0 Å². The summed E-state index contributed by atoms with van der Waals surface area (Å²) in [7, 11) is 0. The van der Waals surface area contributed by atoms with Crippen LogP contribution in [0.5, 0.6) is 0 Å². The summed E-state index contributed by atoms with van der Waals surface area (Å²) in [5.74, 6) is 0.518. The van der Waals surface area contributed by atoms with Crippen molar-refractivity contribution in [3.63, 3.8) is 0 Å². The maximum absolute atomic E-state index is 11.4. The van der Waals surface area contributed by atoms with Gasteiger partial charge in [-0.2, -0.15) is 0 Å². The van der Waals surface area contributed by atoms with Gasteiger partial charge in [-0.05, 0) is 25.7 Å². The second kappa shape index (κ2) is 3.54. The molecule has 1 saturated carbocycles. The van der Waals surface area contributed by atoms with E-state index in [4.69, 9.17) is 9.47 Å². The Labute approximate surface area is 84.8 Å². The van der Waals surface area contributed by atoms with Crippen LogP contribution in [0.2, 0.25) is 0 Å². The van der Waals surface area contributed by atoms with Gasteiger partial charge in [0.1, 0.15) is 5.60 Å². The molecule has 1 saturated heterocycles. The third kappa shape index (κ3) is 1.65. The highest BCUT2D eigenvalue weighted by molar-refractivity contribution is 5.79. The van der Waals surface area contributed by atoms with E-state index in [2.05, 4.69) is 6.92 Å². The second-order valence-corrected chi connectivity index (χ2v) is 4.52. The van der Waals surface area contributed by atoms with Gasteiger partial charge in [0.25, 0.3) is 0 Å². The van der Waals surface area contributed by atoms with Crippen LogP contribution in [0.25, 0.3) is 0 Å². The van der Waals surface area contributed by atoms with Gasteiger partial charge < -0.3 is 9.47 Å². The van der Waals surface area contributed by atoms with Crippen molar-refractivity contribution in [1.29, 1.82) is 0 Å². The van der Waals surface area contributed by atoms with Gasteiger partial charge in [0, 0.05) is 0 Å². The van der Waals surface area contributed by atoms with Crippen LogP contribution in [0, 0.1) is 5.92 Å². The van der Waals surface area contributed by atoms with E-state index in [1.807, 2.05) is 6.92 Å². The van der Waals surface area contributed by atoms with Crippen molar-refractivity contribution in [1.82, 2.24) is 0 Å². The lowest BCUT2D eigenvalue weighted by molar-refractivity contribution is -0.144. The second-order valence-electron chi connectivity index (χ2n) is 4.52. The Hall–Kier alpha value is -0.570. The van der Waals surface area contributed by atoms with Crippen LogP contribution in [0.3, 0.4) is 0 Å². The SMILES string of the molecule is CCOC(=O)[C@@H]1O[C@]12CCCC(C)C2. The van der Waals surface area contributed by atoms with Crippen molar-refractivity contribution < 1.29 is 14.3 Å². The Bertz CT molecular complexity index is 239. The summed E-state index contributed by atoms with van der Waals surface area (Å²) in [6.45, 7) is 4.51. The van der Waals surface area contributed by atoms with E-state index in [-0.39, 0.29) is 17.7 Å². The molecule has 0 radical (unpaired) electrons. The van der Waals surface area contributed by atoms with Crippen LogP contribution in [0.1, 0.15) is 39.5 Å². The molecule has 0 aromatic carbocycles. The Balaban J connectivity index is 1.91. The summed E-state index contributed by atoms with van der Waals surface area (Å²) in [4.78, 5) is 11.4. The molecular weight excluding hydrogens is 180 g/mol. The zero-order valence-corrected chi connectivity index (χ0v) is 8.91. The Kier molecular flexibility index (Phi) is 2.52. The first-order chi connectivity index (χ1) is 6.68. The van der Waals surface area contributed by atoms with Gasteiger partial charge in [-0.3, -0.25) is 0 Å². The number of carbonyl (C=O) groups is 1. The molecule has 1 heterocycles. The molecular formula is C11H18O3. The van der Waals surface area contributed by atoms with Gasteiger partial charge >= 0.3 is 5.97 Å². The molecule has 1 spiro atoms. The predicted octanol–water partition coefficient (Wildman–Crippen LogP) is 1.90. The molecule has 3 heteroatoms. The topological polar surface area (TPSA) is 38.8 Å². The lowest BCUT2D eigenvalue weighted by Crippen LogP contribution is -2.28. The smallest absolute Gasteiger partial charge is 0.338 e. The third-order valence-corrected chi connectivity index (χ3v) is 3.26. The van der Waals surface area contributed by atoms with Gasteiger partial charge in [-0.1, -0.05) is 19.8 Å². The van der Waals surface area contributed by atoms with E-state index < -0.39 is 0 Å². The molecule has 2 aliphatic rings. The molecule has 3 nitrogen and oxygen atoms in total. The molecule has 0 amide bonds. The number of hydrogen-bond donors (Lipinski definition) is 0. The number of hydrogen-bond acceptors (Lipinski definition) is 3. The monoisotopic (exact) mass is 198 g/mol. The molecule has 1 aliphatic carbocycles. The quantitative estimate of drug-likeness (QED) is 0.502. The first-order valence-electron chi connectivity index (χ1n) is 5.52. The molecule has 0 bridgehead atoms. The normalized spacial score (nSPS) is 41.0. The van der Waals surface area contributed by atoms with E-state index in [9.17, 15) is 4.79 Å². The Morgan fingerprint density at radius 1 is 1.64 bits per heavy atom. The van der Waals surface area contributed by atoms with Crippen LogP contribution < -0.4 is 0 Å². The van der Waals surface area contributed by atoms with E-state index >= 15 is 0 Å².